The second kappa shape index (κ2) is 11.7. The quantitative estimate of drug-likeness (QED) is 0.185. The lowest BCUT2D eigenvalue weighted by molar-refractivity contribution is -0.576. The van der Waals surface area contributed by atoms with Gasteiger partial charge >= 0.3 is 11.9 Å². The van der Waals surface area contributed by atoms with Crippen molar-refractivity contribution in [2.24, 2.45) is 23.7 Å². The van der Waals surface area contributed by atoms with E-state index in [9.17, 15) is 29.8 Å². The van der Waals surface area contributed by atoms with Crippen LogP contribution < -0.4 is 10.5 Å². The molecule has 232 valence electrons. The largest absolute Gasteiger partial charge is 0.733 e. The molecule has 0 aromatic heterocycles. The predicted octanol–water partition coefficient (Wildman–Crippen LogP) is 2.51. The highest BCUT2D eigenvalue weighted by Gasteiger charge is 2.69. The van der Waals surface area contributed by atoms with Crippen molar-refractivity contribution < 1.29 is 53.8 Å². The Morgan fingerprint density at radius 1 is 1.17 bits per heavy atom. The first kappa shape index (κ1) is 30.6. The number of fused-ring (bicyclic) bond motifs is 2. The van der Waals surface area contributed by atoms with Crippen molar-refractivity contribution in [2.75, 3.05) is 5.23 Å². The van der Waals surface area contributed by atoms with Crippen LogP contribution in [0, 0.1) is 28.9 Å². The zero-order valence-electron chi connectivity index (χ0n) is 23.6. The molecule has 6 rings (SSSR count). The number of carboxylic acids is 1. The van der Waals surface area contributed by atoms with Crippen LogP contribution in [0.25, 0.3) is 0 Å². The Balaban J connectivity index is 1.19. The third-order valence-corrected chi connectivity index (χ3v) is 9.23. The van der Waals surface area contributed by atoms with Crippen LogP contribution in [0.15, 0.2) is 24.3 Å². The summed E-state index contributed by atoms with van der Waals surface area (Å²) in [6.07, 6.45) is -0.993. The van der Waals surface area contributed by atoms with E-state index in [-0.39, 0.29) is 35.4 Å². The van der Waals surface area contributed by atoms with Crippen LogP contribution in [0.3, 0.4) is 0 Å². The number of aliphatic carboxylic acids is 1. The van der Waals surface area contributed by atoms with E-state index in [1.807, 2.05) is 6.92 Å². The van der Waals surface area contributed by atoms with E-state index in [1.165, 1.54) is 18.2 Å². The maximum absolute atomic E-state index is 12.8. The van der Waals surface area contributed by atoms with Gasteiger partial charge in [-0.1, -0.05) is 26.0 Å². The Hall–Kier alpha value is -2.85. The third-order valence-electron chi connectivity index (χ3n) is 9.23. The number of rotatable bonds is 9. The average molecular weight is 594 g/mol. The van der Waals surface area contributed by atoms with E-state index < -0.39 is 65.6 Å². The summed E-state index contributed by atoms with van der Waals surface area (Å²) in [5.74, 6) is -3.85. The highest BCUT2D eigenvalue weighted by atomic mass is 17.3. The van der Waals surface area contributed by atoms with E-state index in [0.29, 0.717) is 12.3 Å². The van der Waals surface area contributed by atoms with Crippen molar-refractivity contribution in [3.05, 3.63) is 35.0 Å². The summed E-state index contributed by atoms with van der Waals surface area (Å²) in [5.41, 5.74) is -1.07. The lowest BCUT2D eigenvalue weighted by Gasteiger charge is -2.59. The first-order valence-electron chi connectivity index (χ1n) is 14.2. The number of benzene rings is 1. The number of aliphatic hydroxyl groups is 1. The zero-order valence-corrected chi connectivity index (χ0v) is 23.6. The normalized spacial score (nSPS) is 36.6. The summed E-state index contributed by atoms with van der Waals surface area (Å²) in [6, 6.07) is 3.22. The second-order valence-corrected chi connectivity index (χ2v) is 12.0. The molecule has 1 aromatic rings. The molecule has 5 fully saturated rings. The van der Waals surface area contributed by atoms with Crippen LogP contribution in [0.2, 0.25) is 0 Å². The van der Waals surface area contributed by atoms with Gasteiger partial charge in [0.25, 0.3) is 0 Å². The molecule has 4 N–H and O–H groups in total. The fraction of sp³-hybridized carbons (Fsp3) is 0.679. The molecule has 4 saturated heterocycles. The minimum atomic E-state index is -1.78. The van der Waals surface area contributed by atoms with Gasteiger partial charge in [-0.3, -0.25) is 14.8 Å². The Morgan fingerprint density at radius 3 is 2.64 bits per heavy atom. The SMILES string of the molecule is C[C@@H]1CCC2[C@@H](C)[C@H](OC(=O)CCC(=O)NC(C(=O)O)C(O)c3cccc(N([O-])O)c3)O[C@@H]3O[C@@]4(C)CC[C@@H]1C23OO4. The van der Waals surface area contributed by atoms with Gasteiger partial charge in [-0.15, -0.1) is 0 Å². The van der Waals surface area contributed by atoms with Crippen molar-refractivity contribution in [1.82, 2.24) is 5.32 Å². The summed E-state index contributed by atoms with van der Waals surface area (Å²) in [7, 11) is 0. The monoisotopic (exact) mass is 593 g/mol. The molecule has 10 atom stereocenters. The summed E-state index contributed by atoms with van der Waals surface area (Å²) >= 11 is 0. The Morgan fingerprint density at radius 2 is 1.93 bits per heavy atom. The highest BCUT2D eigenvalue weighted by molar-refractivity contribution is 5.86. The molecule has 1 amide bonds. The smallest absolute Gasteiger partial charge is 0.329 e. The van der Waals surface area contributed by atoms with E-state index in [2.05, 4.69) is 12.2 Å². The van der Waals surface area contributed by atoms with Gasteiger partial charge < -0.3 is 40.2 Å². The number of esters is 1. The Kier molecular flexibility index (Phi) is 8.51. The van der Waals surface area contributed by atoms with Gasteiger partial charge in [0, 0.05) is 24.7 Å². The number of nitrogens with one attached hydrogen (secondary N) is 1. The number of ether oxygens (including phenoxy) is 3. The van der Waals surface area contributed by atoms with E-state index >= 15 is 0 Å². The molecule has 1 aromatic carbocycles. The molecule has 2 bridgehead atoms. The number of nitrogens with zero attached hydrogens (tertiary/aromatic N) is 1. The molecule has 1 saturated carbocycles. The number of hydrogen-bond donors (Lipinski definition) is 4. The van der Waals surface area contributed by atoms with Crippen LogP contribution in [0.4, 0.5) is 5.69 Å². The molecular formula is C28H37N2O12-. The number of carbonyl (C=O) groups excluding carboxylic acids is 2. The van der Waals surface area contributed by atoms with Crippen molar-refractivity contribution in [3.63, 3.8) is 0 Å². The van der Waals surface area contributed by atoms with Gasteiger partial charge in [0.05, 0.1) is 12.1 Å². The van der Waals surface area contributed by atoms with Crippen molar-refractivity contribution in [1.29, 1.82) is 0 Å². The number of carboxylic acid groups (broad SMARTS) is 1. The van der Waals surface area contributed by atoms with Crippen LogP contribution in [0.5, 0.6) is 0 Å². The number of anilines is 1. The standard InChI is InChI=1S/C28H37N2O12/c1-14-7-8-19-15(2)25(39-26-28(19)18(14)11-12-27(3,40-26)41-42-28)38-21(32)10-9-20(31)29-22(24(34)35)23(33)16-5-4-6-17(13-16)30(36)37/h4-6,13-15,18-19,22-23,25-26,33,36H,7-12H2,1-3H3,(H,29,31)(H,34,35)/q-1/t14-,15-,18+,19?,22?,23?,25-,26-,27-,28?/m1/s1. The first-order chi connectivity index (χ1) is 19.8. The zero-order chi connectivity index (χ0) is 30.4. The van der Waals surface area contributed by atoms with Gasteiger partial charge in [0.15, 0.2) is 17.9 Å². The summed E-state index contributed by atoms with van der Waals surface area (Å²) < 4.78 is 18.1. The molecule has 14 heteroatoms. The lowest BCUT2D eigenvalue weighted by Crippen LogP contribution is -2.70. The van der Waals surface area contributed by atoms with Gasteiger partial charge in [-0.25, -0.2) is 14.6 Å². The number of amides is 1. The van der Waals surface area contributed by atoms with E-state index in [0.717, 1.165) is 25.3 Å². The summed E-state index contributed by atoms with van der Waals surface area (Å²) in [6.45, 7) is 5.91. The van der Waals surface area contributed by atoms with Crippen LogP contribution in [0.1, 0.15) is 71.0 Å². The van der Waals surface area contributed by atoms with E-state index in [4.69, 9.17) is 29.2 Å². The second-order valence-electron chi connectivity index (χ2n) is 12.0. The maximum Gasteiger partial charge on any atom is 0.329 e. The van der Waals surface area contributed by atoms with Crippen LogP contribution in [-0.2, 0) is 38.4 Å². The van der Waals surface area contributed by atoms with Crippen LogP contribution >= 0.6 is 0 Å². The number of carbonyl (C=O) groups is 3. The molecule has 0 radical (unpaired) electrons. The molecule has 42 heavy (non-hydrogen) atoms. The van der Waals surface area contributed by atoms with Gasteiger partial charge in [-0.05, 0) is 55.7 Å². The van der Waals surface area contributed by atoms with Crippen molar-refractivity contribution >= 4 is 23.5 Å². The lowest BCUT2D eigenvalue weighted by atomic mass is 9.58. The minimum Gasteiger partial charge on any atom is -0.733 e. The first-order valence-corrected chi connectivity index (χ1v) is 14.2. The summed E-state index contributed by atoms with van der Waals surface area (Å²) in [4.78, 5) is 49.0. The summed E-state index contributed by atoms with van der Waals surface area (Å²) in [5, 5.41) is 42.1. The molecule has 4 aliphatic heterocycles. The van der Waals surface area contributed by atoms with Gasteiger partial charge in [0.1, 0.15) is 6.10 Å². The third kappa shape index (κ3) is 5.60. The van der Waals surface area contributed by atoms with Gasteiger partial charge in [0.2, 0.25) is 18.0 Å². The van der Waals surface area contributed by atoms with Crippen LogP contribution in [-0.4, -0.2) is 63.3 Å². The maximum atomic E-state index is 12.8. The Labute approximate surface area is 242 Å². The van der Waals surface area contributed by atoms with Crippen molar-refractivity contribution in [3.8, 4) is 0 Å². The molecular weight excluding hydrogens is 556 g/mol. The predicted molar refractivity (Wildman–Crippen MR) is 141 cm³/mol. The fourth-order valence-corrected chi connectivity index (χ4v) is 6.95. The number of aliphatic hydroxyl groups excluding tert-OH is 1. The highest BCUT2D eigenvalue weighted by Crippen LogP contribution is 2.60. The molecule has 1 spiro atoms. The number of hydrogen-bond acceptors (Lipinski definition) is 12. The van der Waals surface area contributed by atoms with E-state index in [1.54, 1.807) is 6.92 Å². The molecule has 14 nitrogen and oxygen atoms in total. The Bertz CT molecular complexity index is 1200. The molecule has 4 unspecified atom stereocenters. The molecule has 4 heterocycles. The molecule has 5 aliphatic rings. The van der Waals surface area contributed by atoms with Gasteiger partial charge in [-0.2, -0.15) is 0 Å². The average Bonchev–Trinajstić information content (AvgIpc) is 3.18. The topological polar surface area (TPSA) is 196 Å². The molecule has 1 aliphatic carbocycles. The fourth-order valence-electron chi connectivity index (χ4n) is 6.95. The van der Waals surface area contributed by atoms with Crippen molar-refractivity contribution in [2.45, 2.75) is 95.4 Å². The minimum absolute atomic E-state index is 0.0206.